The monoisotopic (exact) mass is 305 g/mol. The fourth-order valence-corrected chi connectivity index (χ4v) is 3.13. The molecule has 5 heteroatoms. The van der Waals surface area contributed by atoms with E-state index in [0.29, 0.717) is 31.2 Å². The maximum Gasteiger partial charge on any atom is 0.346 e. The highest BCUT2D eigenvalue weighted by atomic mass is 32.1. The summed E-state index contributed by atoms with van der Waals surface area (Å²) >= 11 is 1.33. The van der Waals surface area contributed by atoms with Crippen LogP contribution in [-0.4, -0.2) is 30.8 Å². The number of rotatable bonds is 9. The zero-order valence-corrected chi connectivity index (χ0v) is 12.6. The summed E-state index contributed by atoms with van der Waals surface area (Å²) in [5.41, 5.74) is 0.856. The molecular weight excluding hydrogens is 286 g/mol. The van der Waals surface area contributed by atoms with E-state index in [9.17, 15) is 9.90 Å². The molecule has 21 heavy (non-hydrogen) atoms. The number of benzene rings is 1. The molecule has 0 spiro atoms. The van der Waals surface area contributed by atoms with Gasteiger partial charge in [-0.3, -0.25) is 0 Å². The second-order valence-corrected chi connectivity index (χ2v) is 5.63. The third-order valence-corrected chi connectivity index (χ3v) is 4.28. The van der Waals surface area contributed by atoms with Crippen LogP contribution in [0.2, 0.25) is 0 Å². The Bertz CT molecular complexity index is 621. The third kappa shape index (κ3) is 4.14. The van der Waals surface area contributed by atoms with Crippen LogP contribution in [0.3, 0.4) is 0 Å². The van der Waals surface area contributed by atoms with E-state index in [2.05, 4.69) is 11.9 Å². The Hall–Kier alpha value is -1.69. The summed E-state index contributed by atoms with van der Waals surface area (Å²) in [6.07, 6.45) is 2.67. The van der Waals surface area contributed by atoms with E-state index in [0.717, 1.165) is 22.1 Å². The first kappa shape index (κ1) is 15.7. The number of fused-ring (bicyclic) bond motifs is 1. The van der Waals surface area contributed by atoms with Crippen LogP contribution in [0.5, 0.6) is 0 Å². The minimum absolute atomic E-state index is 0.413. The molecule has 0 fully saturated rings. The number of hydrogen-bond donors (Lipinski definition) is 2. The van der Waals surface area contributed by atoms with Crippen LogP contribution in [-0.2, 0) is 11.3 Å². The van der Waals surface area contributed by atoms with Gasteiger partial charge in [-0.25, -0.2) is 4.79 Å². The SMILES string of the molecule is C=CCCOCCNCc1c(C(=O)O)sc2ccccc12. The molecule has 0 saturated carbocycles. The minimum Gasteiger partial charge on any atom is -0.477 e. The average molecular weight is 305 g/mol. The van der Waals surface area contributed by atoms with Crippen LogP contribution in [0, 0.1) is 0 Å². The van der Waals surface area contributed by atoms with Crippen molar-refractivity contribution in [1.29, 1.82) is 0 Å². The van der Waals surface area contributed by atoms with Crippen LogP contribution >= 0.6 is 11.3 Å². The Kier molecular flexibility index (Phi) is 5.92. The maximum atomic E-state index is 11.3. The molecule has 2 N–H and O–H groups in total. The van der Waals surface area contributed by atoms with Gasteiger partial charge >= 0.3 is 5.97 Å². The topological polar surface area (TPSA) is 58.6 Å². The Morgan fingerprint density at radius 1 is 1.38 bits per heavy atom. The number of hydrogen-bond acceptors (Lipinski definition) is 4. The first-order valence-corrected chi connectivity index (χ1v) is 7.68. The quantitative estimate of drug-likeness (QED) is 0.551. The molecule has 0 aliphatic rings. The van der Waals surface area contributed by atoms with Crippen LogP contribution in [0.25, 0.3) is 10.1 Å². The van der Waals surface area contributed by atoms with Gasteiger partial charge in [-0.2, -0.15) is 0 Å². The number of thiophene rings is 1. The standard InChI is InChI=1S/C16H19NO3S/c1-2-3-9-20-10-8-17-11-13-12-6-4-5-7-14(12)21-15(13)16(18)19/h2,4-7,17H,1,3,8-11H2,(H,18,19). The highest BCUT2D eigenvalue weighted by Crippen LogP contribution is 2.31. The Balaban J connectivity index is 1.96. The molecule has 0 bridgehead atoms. The Labute approximate surface area is 128 Å². The van der Waals surface area contributed by atoms with E-state index in [1.165, 1.54) is 11.3 Å². The van der Waals surface area contributed by atoms with Crippen molar-refractivity contribution < 1.29 is 14.6 Å². The molecule has 0 aliphatic carbocycles. The van der Waals surface area contributed by atoms with Crippen molar-refractivity contribution in [2.45, 2.75) is 13.0 Å². The molecule has 1 heterocycles. The fraction of sp³-hybridized carbons (Fsp3) is 0.312. The van der Waals surface area contributed by atoms with E-state index >= 15 is 0 Å². The number of carboxylic acids is 1. The van der Waals surface area contributed by atoms with Gasteiger partial charge in [-0.1, -0.05) is 24.3 Å². The van der Waals surface area contributed by atoms with E-state index < -0.39 is 5.97 Å². The van der Waals surface area contributed by atoms with Crippen molar-refractivity contribution in [1.82, 2.24) is 5.32 Å². The molecule has 1 aromatic heterocycles. The van der Waals surface area contributed by atoms with Crippen LogP contribution in [0.4, 0.5) is 0 Å². The van der Waals surface area contributed by atoms with Gasteiger partial charge in [0, 0.05) is 17.8 Å². The molecular formula is C16H19NO3S. The molecule has 0 amide bonds. The molecule has 1 aromatic carbocycles. The molecule has 0 atom stereocenters. The van der Waals surface area contributed by atoms with Gasteiger partial charge in [-0.15, -0.1) is 17.9 Å². The van der Waals surface area contributed by atoms with Gasteiger partial charge in [0.05, 0.1) is 13.2 Å². The van der Waals surface area contributed by atoms with Gasteiger partial charge in [0.15, 0.2) is 0 Å². The number of aromatic carboxylic acids is 1. The summed E-state index contributed by atoms with van der Waals surface area (Å²) in [5.74, 6) is -0.866. The van der Waals surface area contributed by atoms with Crippen molar-refractivity contribution in [3.8, 4) is 0 Å². The van der Waals surface area contributed by atoms with E-state index in [1.807, 2.05) is 30.3 Å². The lowest BCUT2D eigenvalue weighted by Gasteiger charge is -2.06. The summed E-state index contributed by atoms with van der Waals surface area (Å²) in [7, 11) is 0. The molecule has 2 rings (SSSR count). The maximum absolute atomic E-state index is 11.3. The predicted molar refractivity (Wildman–Crippen MR) is 86.1 cm³/mol. The minimum atomic E-state index is -0.866. The average Bonchev–Trinajstić information content (AvgIpc) is 2.85. The number of ether oxygens (including phenoxy) is 1. The predicted octanol–water partition coefficient (Wildman–Crippen LogP) is 3.28. The summed E-state index contributed by atoms with van der Waals surface area (Å²) in [4.78, 5) is 11.8. The third-order valence-electron chi connectivity index (χ3n) is 3.08. The first-order chi connectivity index (χ1) is 10.2. The smallest absolute Gasteiger partial charge is 0.346 e. The van der Waals surface area contributed by atoms with Crippen LogP contribution in [0.15, 0.2) is 36.9 Å². The van der Waals surface area contributed by atoms with Gasteiger partial charge in [0.2, 0.25) is 0 Å². The van der Waals surface area contributed by atoms with Crippen LogP contribution in [0.1, 0.15) is 21.7 Å². The van der Waals surface area contributed by atoms with Gasteiger partial charge in [0.1, 0.15) is 4.88 Å². The van der Waals surface area contributed by atoms with Crippen molar-refractivity contribution in [2.75, 3.05) is 19.8 Å². The molecule has 0 radical (unpaired) electrons. The van der Waals surface area contributed by atoms with Gasteiger partial charge in [-0.05, 0) is 23.4 Å². The molecule has 2 aromatic rings. The van der Waals surface area contributed by atoms with Crippen LogP contribution < -0.4 is 5.32 Å². The second-order valence-electron chi connectivity index (χ2n) is 4.58. The normalized spacial score (nSPS) is 10.9. The zero-order valence-electron chi connectivity index (χ0n) is 11.8. The Morgan fingerprint density at radius 3 is 2.95 bits per heavy atom. The van der Waals surface area contributed by atoms with Gasteiger partial charge < -0.3 is 15.2 Å². The summed E-state index contributed by atoms with van der Waals surface area (Å²) in [6.45, 7) is 6.15. The highest BCUT2D eigenvalue weighted by Gasteiger charge is 2.16. The molecule has 0 unspecified atom stereocenters. The largest absolute Gasteiger partial charge is 0.477 e. The van der Waals surface area contributed by atoms with Crippen molar-refractivity contribution in [2.24, 2.45) is 0 Å². The highest BCUT2D eigenvalue weighted by molar-refractivity contribution is 7.21. The lowest BCUT2D eigenvalue weighted by atomic mass is 10.1. The summed E-state index contributed by atoms with van der Waals surface area (Å²) in [5, 5.41) is 13.6. The summed E-state index contributed by atoms with van der Waals surface area (Å²) < 4.78 is 6.42. The first-order valence-electron chi connectivity index (χ1n) is 6.87. The van der Waals surface area contributed by atoms with Crippen molar-refractivity contribution in [3.05, 3.63) is 47.4 Å². The zero-order chi connectivity index (χ0) is 15.1. The Morgan fingerprint density at radius 2 is 2.19 bits per heavy atom. The molecule has 112 valence electrons. The second kappa shape index (κ2) is 7.93. The number of carbonyl (C=O) groups is 1. The fourth-order valence-electron chi connectivity index (χ4n) is 2.07. The molecule has 4 nitrogen and oxygen atoms in total. The van der Waals surface area contributed by atoms with E-state index in [4.69, 9.17) is 4.74 Å². The van der Waals surface area contributed by atoms with Crippen molar-refractivity contribution >= 4 is 27.4 Å². The van der Waals surface area contributed by atoms with Gasteiger partial charge in [0.25, 0.3) is 0 Å². The molecule has 0 saturated heterocycles. The van der Waals surface area contributed by atoms with E-state index in [-0.39, 0.29) is 0 Å². The lowest BCUT2D eigenvalue weighted by molar-refractivity contribution is 0.0701. The summed E-state index contributed by atoms with van der Waals surface area (Å²) in [6, 6.07) is 7.78. The molecule has 0 aliphatic heterocycles. The number of carboxylic acid groups (broad SMARTS) is 1. The number of nitrogens with one attached hydrogen (secondary N) is 1. The van der Waals surface area contributed by atoms with E-state index in [1.54, 1.807) is 0 Å². The lowest BCUT2D eigenvalue weighted by Crippen LogP contribution is -2.20. The van der Waals surface area contributed by atoms with Crippen molar-refractivity contribution in [3.63, 3.8) is 0 Å².